The number of hydrogen-bond donors (Lipinski definition) is 2. The summed E-state index contributed by atoms with van der Waals surface area (Å²) < 4.78 is 44.0. The second-order valence-electron chi connectivity index (χ2n) is 6.32. The molecule has 0 saturated carbocycles. The number of nitrogens with one attached hydrogen (secondary N) is 1. The van der Waals surface area contributed by atoms with Crippen LogP contribution < -0.4 is 15.8 Å². The smallest absolute Gasteiger partial charge is 0.419 e. The molecule has 3 amide bonds. The number of piperidine rings is 1. The van der Waals surface area contributed by atoms with Crippen LogP contribution in [0.5, 0.6) is 5.75 Å². The molecule has 1 aliphatic rings. The Kier molecular flexibility index (Phi) is 6.33. The molecule has 1 unspecified atom stereocenters. The zero-order valence-electron chi connectivity index (χ0n) is 14.4. The molecule has 1 atom stereocenters. The number of ether oxygens (including phenoxy) is 1. The lowest BCUT2D eigenvalue weighted by molar-refractivity contribution is -0.139. The van der Waals surface area contributed by atoms with Crippen LogP contribution >= 0.6 is 0 Å². The summed E-state index contributed by atoms with van der Waals surface area (Å²) in [6, 6.07) is 4.10. The largest absolute Gasteiger partial charge is 0.491 e. The van der Waals surface area contributed by atoms with E-state index in [0.29, 0.717) is 25.9 Å². The van der Waals surface area contributed by atoms with Gasteiger partial charge in [0.05, 0.1) is 11.6 Å². The Bertz CT molecular complexity index is 644. The fraction of sp³-hybridized carbons (Fsp3) is 0.529. The fourth-order valence-corrected chi connectivity index (χ4v) is 2.75. The molecule has 0 aromatic heterocycles. The number of nitrogens with two attached hydrogens (primary N) is 1. The first-order chi connectivity index (χ1) is 12.2. The van der Waals surface area contributed by atoms with E-state index in [1.54, 1.807) is 11.8 Å². The molecular weight excluding hydrogens is 351 g/mol. The lowest BCUT2D eigenvalue weighted by Crippen LogP contribution is -2.49. The summed E-state index contributed by atoms with van der Waals surface area (Å²) in [5, 5.41) is 2.69. The van der Waals surface area contributed by atoms with Crippen molar-refractivity contribution in [3.05, 3.63) is 29.8 Å². The molecule has 2 rings (SSSR count). The summed E-state index contributed by atoms with van der Waals surface area (Å²) in [6.45, 7) is 2.36. The number of carbonyl (C=O) groups excluding carboxylic acids is 2. The number of benzene rings is 1. The van der Waals surface area contributed by atoms with Crippen molar-refractivity contribution in [1.29, 1.82) is 0 Å². The molecule has 0 bridgehead atoms. The summed E-state index contributed by atoms with van der Waals surface area (Å²) in [4.78, 5) is 24.9. The monoisotopic (exact) mass is 373 g/mol. The third-order valence-corrected chi connectivity index (χ3v) is 4.24. The van der Waals surface area contributed by atoms with Crippen molar-refractivity contribution in [3.63, 3.8) is 0 Å². The molecule has 1 saturated heterocycles. The number of carbonyl (C=O) groups is 2. The minimum atomic E-state index is -4.51. The lowest BCUT2D eigenvalue weighted by Gasteiger charge is -2.31. The van der Waals surface area contributed by atoms with E-state index in [2.05, 4.69) is 5.32 Å². The molecule has 0 radical (unpaired) electrons. The summed E-state index contributed by atoms with van der Waals surface area (Å²) in [7, 11) is 0. The number of halogens is 3. The fourth-order valence-electron chi connectivity index (χ4n) is 2.75. The van der Waals surface area contributed by atoms with Gasteiger partial charge in [-0.15, -0.1) is 0 Å². The normalized spacial score (nSPS) is 16.8. The lowest BCUT2D eigenvalue weighted by atomic mass is 9.96. The summed E-state index contributed by atoms with van der Waals surface area (Å²) in [5.41, 5.74) is 4.40. The number of para-hydroxylation sites is 1. The second kappa shape index (κ2) is 8.29. The molecule has 0 spiro atoms. The van der Waals surface area contributed by atoms with E-state index < -0.39 is 17.8 Å². The van der Waals surface area contributed by atoms with Gasteiger partial charge in [0.25, 0.3) is 0 Å². The van der Waals surface area contributed by atoms with Gasteiger partial charge in [0.15, 0.2) is 0 Å². The summed E-state index contributed by atoms with van der Waals surface area (Å²) in [5.74, 6) is -0.864. The number of rotatable bonds is 5. The van der Waals surface area contributed by atoms with Crippen LogP contribution in [0.4, 0.5) is 18.0 Å². The van der Waals surface area contributed by atoms with Crippen molar-refractivity contribution in [2.75, 3.05) is 19.7 Å². The minimum absolute atomic E-state index is 0.101. The zero-order chi connectivity index (χ0) is 19.3. The molecule has 26 heavy (non-hydrogen) atoms. The van der Waals surface area contributed by atoms with Crippen molar-refractivity contribution < 1.29 is 27.5 Å². The van der Waals surface area contributed by atoms with Gasteiger partial charge in [-0.1, -0.05) is 12.1 Å². The molecule has 1 aromatic carbocycles. The summed E-state index contributed by atoms with van der Waals surface area (Å²) in [6.07, 6.45) is -3.49. The Morgan fingerprint density at radius 2 is 1.92 bits per heavy atom. The second-order valence-corrected chi connectivity index (χ2v) is 6.32. The molecule has 144 valence electrons. The molecular formula is C17H22F3N3O3. The van der Waals surface area contributed by atoms with Gasteiger partial charge in [-0.25, -0.2) is 4.79 Å². The minimum Gasteiger partial charge on any atom is -0.491 e. The van der Waals surface area contributed by atoms with Crippen LogP contribution in [-0.4, -0.2) is 42.6 Å². The SMILES string of the molecule is CC(COc1ccccc1C(F)(F)F)NC(=O)N1CCC(C(N)=O)CC1. The van der Waals surface area contributed by atoms with E-state index in [9.17, 15) is 22.8 Å². The number of nitrogens with zero attached hydrogens (tertiary/aromatic N) is 1. The number of urea groups is 1. The van der Waals surface area contributed by atoms with Crippen LogP contribution in [0, 0.1) is 5.92 Å². The Hall–Kier alpha value is -2.45. The van der Waals surface area contributed by atoms with E-state index >= 15 is 0 Å². The molecule has 1 aliphatic heterocycles. The van der Waals surface area contributed by atoms with Gasteiger partial charge in [-0.3, -0.25) is 4.79 Å². The Labute approximate surface area is 149 Å². The maximum absolute atomic E-state index is 12.9. The maximum atomic E-state index is 12.9. The van der Waals surface area contributed by atoms with Crippen molar-refractivity contribution in [2.24, 2.45) is 11.7 Å². The molecule has 1 heterocycles. The number of amides is 3. The van der Waals surface area contributed by atoms with E-state index in [1.165, 1.54) is 18.2 Å². The zero-order valence-corrected chi connectivity index (χ0v) is 14.4. The Morgan fingerprint density at radius 1 is 1.31 bits per heavy atom. The van der Waals surface area contributed by atoms with E-state index in [1.807, 2.05) is 0 Å². The van der Waals surface area contributed by atoms with Gasteiger partial charge in [0, 0.05) is 19.0 Å². The summed E-state index contributed by atoms with van der Waals surface area (Å²) >= 11 is 0. The highest BCUT2D eigenvalue weighted by atomic mass is 19.4. The van der Waals surface area contributed by atoms with Gasteiger partial charge in [-0.2, -0.15) is 13.2 Å². The predicted molar refractivity (Wildman–Crippen MR) is 88.4 cm³/mol. The first-order valence-corrected chi connectivity index (χ1v) is 8.32. The van der Waals surface area contributed by atoms with Crippen LogP contribution in [0.3, 0.4) is 0 Å². The van der Waals surface area contributed by atoms with Crippen LogP contribution in [0.1, 0.15) is 25.3 Å². The molecule has 3 N–H and O–H groups in total. The van der Waals surface area contributed by atoms with Crippen molar-refractivity contribution in [2.45, 2.75) is 32.0 Å². The standard InChI is InChI=1S/C17H22F3N3O3/c1-11(10-26-14-5-3-2-4-13(14)17(18,19)20)22-16(25)23-8-6-12(7-9-23)15(21)24/h2-5,11-12H,6-10H2,1H3,(H2,21,24)(H,22,25). The topological polar surface area (TPSA) is 84.7 Å². The van der Waals surface area contributed by atoms with E-state index in [4.69, 9.17) is 10.5 Å². The number of likely N-dealkylation sites (tertiary alicyclic amines) is 1. The maximum Gasteiger partial charge on any atom is 0.419 e. The number of hydrogen-bond acceptors (Lipinski definition) is 3. The first kappa shape index (κ1) is 19.9. The highest BCUT2D eigenvalue weighted by Crippen LogP contribution is 2.35. The van der Waals surface area contributed by atoms with Crippen LogP contribution in [0.2, 0.25) is 0 Å². The average Bonchev–Trinajstić information content (AvgIpc) is 2.59. The van der Waals surface area contributed by atoms with Crippen molar-refractivity contribution >= 4 is 11.9 Å². The molecule has 1 fully saturated rings. The van der Waals surface area contributed by atoms with Gasteiger partial charge < -0.3 is 20.7 Å². The van der Waals surface area contributed by atoms with E-state index in [-0.39, 0.29) is 30.2 Å². The molecule has 9 heteroatoms. The highest BCUT2D eigenvalue weighted by molar-refractivity contribution is 5.78. The third-order valence-electron chi connectivity index (χ3n) is 4.24. The van der Waals surface area contributed by atoms with Crippen LogP contribution in [0.15, 0.2) is 24.3 Å². The average molecular weight is 373 g/mol. The van der Waals surface area contributed by atoms with Crippen LogP contribution in [-0.2, 0) is 11.0 Å². The molecule has 1 aromatic rings. The van der Waals surface area contributed by atoms with Gasteiger partial charge >= 0.3 is 12.2 Å². The Morgan fingerprint density at radius 3 is 2.50 bits per heavy atom. The van der Waals surface area contributed by atoms with Gasteiger partial charge in [0.1, 0.15) is 12.4 Å². The number of primary amides is 1. The number of alkyl halides is 3. The third kappa shape index (κ3) is 5.27. The highest BCUT2D eigenvalue weighted by Gasteiger charge is 2.34. The first-order valence-electron chi connectivity index (χ1n) is 8.32. The van der Waals surface area contributed by atoms with Gasteiger partial charge in [0.2, 0.25) is 5.91 Å². The van der Waals surface area contributed by atoms with Gasteiger partial charge in [-0.05, 0) is 31.9 Å². The van der Waals surface area contributed by atoms with E-state index in [0.717, 1.165) is 6.07 Å². The molecule has 0 aliphatic carbocycles. The van der Waals surface area contributed by atoms with Crippen molar-refractivity contribution in [3.8, 4) is 5.75 Å². The Balaban J connectivity index is 1.83. The quantitative estimate of drug-likeness (QED) is 0.831. The molecule has 6 nitrogen and oxygen atoms in total. The van der Waals surface area contributed by atoms with Crippen LogP contribution in [0.25, 0.3) is 0 Å². The van der Waals surface area contributed by atoms with Crippen molar-refractivity contribution in [1.82, 2.24) is 10.2 Å². The predicted octanol–water partition coefficient (Wildman–Crippen LogP) is 2.38.